The van der Waals surface area contributed by atoms with Crippen LogP contribution in [0.2, 0.25) is 0 Å². The lowest BCUT2D eigenvalue weighted by atomic mass is 10.1. The third kappa shape index (κ3) is 4.32. The Morgan fingerprint density at radius 3 is 2.39 bits per heavy atom. The van der Waals surface area contributed by atoms with Gasteiger partial charge >= 0.3 is 0 Å². The van der Waals surface area contributed by atoms with Crippen LogP contribution in [0.1, 0.15) is 49.3 Å². The average molecular weight is 451 g/mol. The van der Waals surface area contributed by atoms with Gasteiger partial charge in [0.1, 0.15) is 4.32 Å². The van der Waals surface area contributed by atoms with Crippen LogP contribution in [0, 0.1) is 6.92 Å². The fourth-order valence-corrected chi connectivity index (χ4v) is 5.35. The molecule has 0 bridgehead atoms. The summed E-state index contributed by atoms with van der Waals surface area (Å²) < 4.78 is 0.547. The molecule has 0 saturated carbocycles. The maximum absolute atomic E-state index is 13.5. The van der Waals surface area contributed by atoms with E-state index in [2.05, 4.69) is 6.92 Å². The fraction of sp³-hybridized carbons (Fsp3) is 0.320. The minimum absolute atomic E-state index is 0.131. The number of rotatable bonds is 7. The molecule has 2 aliphatic heterocycles. The molecule has 160 valence electrons. The van der Waals surface area contributed by atoms with E-state index in [4.69, 9.17) is 12.2 Å². The van der Waals surface area contributed by atoms with Gasteiger partial charge in [-0.1, -0.05) is 98.2 Å². The first kappa shape index (κ1) is 21.8. The van der Waals surface area contributed by atoms with Gasteiger partial charge in [-0.15, -0.1) is 0 Å². The Bertz CT molecular complexity index is 1060. The number of amides is 2. The van der Waals surface area contributed by atoms with Crippen LogP contribution in [-0.2, 0) is 16.1 Å². The SMILES string of the molecule is CCCCCCN1C(=O)C(=C2C(=O)N(Cc3ccc(C)cc3)c3ccccc32)SC1=S. The van der Waals surface area contributed by atoms with Crippen LogP contribution < -0.4 is 4.90 Å². The molecule has 1 fully saturated rings. The monoisotopic (exact) mass is 450 g/mol. The quantitative estimate of drug-likeness (QED) is 0.308. The second-order valence-electron chi connectivity index (χ2n) is 7.98. The van der Waals surface area contributed by atoms with Crippen LogP contribution in [0.4, 0.5) is 5.69 Å². The van der Waals surface area contributed by atoms with Gasteiger partial charge < -0.3 is 4.90 Å². The molecule has 0 aliphatic carbocycles. The van der Waals surface area contributed by atoms with Gasteiger partial charge in [-0.05, 0) is 25.0 Å². The maximum atomic E-state index is 13.5. The topological polar surface area (TPSA) is 40.6 Å². The van der Waals surface area contributed by atoms with Crippen molar-refractivity contribution in [2.45, 2.75) is 46.1 Å². The Morgan fingerprint density at radius 2 is 1.65 bits per heavy atom. The Balaban J connectivity index is 1.64. The number of carbonyl (C=O) groups is 2. The number of fused-ring (bicyclic) bond motifs is 1. The van der Waals surface area contributed by atoms with Gasteiger partial charge in [-0.25, -0.2) is 0 Å². The molecule has 0 spiro atoms. The van der Waals surface area contributed by atoms with Gasteiger partial charge in [0.05, 0.1) is 22.7 Å². The lowest BCUT2D eigenvalue weighted by Gasteiger charge is -2.17. The summed E-state index contributed by atoms with van der Waals surface area (Å²) in [6, 6.07) is 15.9. The first-order valence-electron chi connectivity index (χ1n) is 10.8. The Morgan fingerprint density at radius 1 is 0.903 bits per heavy atom. The van der Waals surface area contributed by atoms with Gasteiger partial charge in [0.15, 0.2) is 0 Å². The predicted octanol–water partition coefficient (Wildman–Crippen LogP) is 5.69. The van der Waals surface area contributed by atoms with E-state index in [0.29, 0.717) is 27.9 Å². The number of hydrogen-bond acceptors (Lipinski definition) is 4. The van der Waals surface area contributed by atoms with Crippen LogP contribution in [0.5, 0.6) is 0 Å². The molecule has 2 heterocycles. The lowest BCUT2D eigenvalue weighted by Crippen LogP contribution is -2.30. The van der Waals surface area contributed by atoms with Crippen LogP contribution in [0.15, 0.2) is 53.4 Å². The molecule has 2 aromatic carbocycles. The molecule has 31 heavy (non-hydrogen) atoms. The number of unbranched alkanes of at least 4 members (excludes halogenated alkanes) is 3. The van der Waals surface area contributed by atoms with Crippen molar-refractivity contribution in [1.82, 2.24) is 4.90 Å². The number of para-hydroxylation sites is 1. The normalized spacial score (nSPS) is 18.3. The highest BCUT2D eigenvalue weighted by Crippen LogP contribution is 2.45. The molecule has 2 aliphatic rings. The number of carbonyl (C=O) groups excluding carboxylic acids is 2. The first-order chi connectivity index (χ1) is 15.0. The van der Waals surface area contributed by atoms with Crippen molar-refractivity contribution in [2.24, 2.45) is 0 Å². The standard InChI is InChI=1S/C25H26N2O2S2/c1-3-4-5-8-15-26-24(29)22(31-25(26)30)21-19-9-6-7-10-20(19)27(23(21)28)16-18-13-11-17(2)12-14-18/h6-7,9-14H,3-5,8,15-16H2,1-2H3. The summed E-state index contributed by atoms with van der Waals surface area (Å²) in [6.07, 6.45) is 4.29. The van der Waals surface area contributed by atoms with Crippen LogP contribution in [0.25, 0.3) is 5.57 Å². The number of nitrogens with zero attached hydrogens (tertiary/aromatic N) is 2. The van der Waals surface area contributed by atoms with Crippen LogP contribution in [0.3, 0.4) is 0 Å². The van der Waals surface area contributed by atoms with Crippen molar-refractivity contribution in [3.8, 4) is 0 Å². The summed E-state index contributed by atoms with van der Waals surface area (Å²) in [5, 5.41) is 0. The van der Waals surface area contributed by atoms with Crippen molar-refractivity contribution < 1.29 is 9.59 Å². The highest BCUT2D eigenvalue weighted by atomic mass is 32.2. The minimum Gasteiger partial charge on any atom is -0.303 e. The molecule has 0 N–H and O–H groups in total. The Labute approximate surface area is 193 Å². The van der Waals surface area contributed by atoms with E-state index in [1.54, 1.807) is 9.80 Å². The van der Waals surface area contributed by atoms with E-state index in [0.717, 1.165) is 42.5 Å². The van der Waals surface area contributed by atoms with Gasteiger partial charge in [-0.2, -0.15) is 0 Å². The summed E-state index contributed by atoms with van der Waals surface area (Å²) in [4.78, 5) is 30.6. The molecule has 2 aromatic rings. The molecule has 0 aromatic heterocycles. The molecular weight excluding hydrogens is 424 g/mol. The molecular formula is C25H26N2O2S2. The van der Waals surface area contributed by atoms with Gasteiger partial charge in [0.2, 0.25) is 0 Å². The fourth-order valence-electron chi connectivity index (χ4n) is 3.97. The van der Waals surface area contributed by atoms with E-state index in [-0.39, 0.29) is 11.8 Å². The van der Waals surface area contributed by atoms with Crippen molar-refractivity contribution in [3.05, 3.63) is 70.1 Å². The second kappa shape index (κ2) is 9.37. The zero-order valence-corrected chi connectivity index (χ0v) is 19.5. The smallest absolute Gasteiger partial charge is 0.267 e. The van der Waals surface area contributed by atoms with E-state index in [1.807, 2.05) is 55.5 Å². The highest BCUT2D eigenvalue weighted by Gasteiger charge is 2.41. The summed E-state index contributed by atoms with van der Waals surface area (Å²) >= 11 is 6.76. The summed E-state index contributed by atoms with van der Waals surface area (Å²) in [6.45, 7) is 5.29. The van der Waals surface area contributed by atoms with Gasteiger partial charge in [0.25, 0.3) is 11.8 Å². The number of thioether (sulfide) groups is 1. The van der Waals surface area contributed by atoms with E-state index >= 15 is 0 Å². The second-order valence-corrected chi connectivity index (χ2v) is 9.63. The number of benzene rings is 2. The van der Waals surface area contributed by atoms with Crippen molar-refractivity contribution in [1.29, 1.82) is 0 Å². The maximum Gasteiger partial charge on any atom is 0.267 e. The number of thiocarbonyl (C=S) groups is 1. The van der Waals surface area contributed by atoms with Crippen molar-refractivity contribution >= 4 is 51.4 Å². The zero-order valence-electron chi connectivity index (χ0n) is 17.9. The molecule has 4 nitrogen and oxygen atoms in total. The molecule has 0 unspecified atom stereocenters. The molecule has 0 radical (unpaired) electrons. The van der Waals surface area contributed by atoms with E-state index < -0.39 is 0 Å². The molecule has 0 atom stereocenters. The Kier molecular flexibility index (Phi) is 6.58. The summed E-state index contributed by atoms with van der Waals surface area (Å²) in [7, 11) is 0. The van der Waals surface area contributed by atoms with E-state index in [1.165, 1.54) is 17.3 Å². The molecule has 1 saturated heterocycles. The van der Waals surface area contributed by atoms with Crippen molar-refractivity contribution in [2.75, 3.05) is 11.4 Å². The number of hydrogen-bond donors (Lipinski definition) is 0. The third-order valence-corrected chi connectivity index (χ3v) is 7.14. The number of aryl methyl sites for hydroxylation is 1. The van der Waals surface area contributed by atoms with Gasteiger partial charge in [0, 0.05) is 12.1 Å². The van der Waals surface area contributed by atoms with Crippen LogP contribution in [-0.4, -0.2) is 27.6 Å². The van der Waals surface area contributed by atoms with E-state index in [9.17, 15) is 9.59 Å². The average Bonchev–Trinajstić information content (AvgIpc) is 3.20. The largest absolute Gasteiger partial charge is 0.303 e. The minimum atomic E-state index is -0.137. The molecule has 2 amide bonds. The van der Waals surface area contributed by atoms with Gasteiger partial charge in [-0.3, -0.25) is 14.5 Å². The molecule has 4 rings (SSSR count). The zero-order chi connectivity index (χ0) is 22.0. The summed E-state index contributed by atoms with van der Waals surface area (Å²) in [5.41, 5.74) is 4.37. The highest BCUT2D eigenvalue weighted by molar-refractivity contribution is 8.26. The predicted molar refractivity (Wildman–Crippen MR) is 132 cm³/mol. The first-order valence-corrected chi connectivity index (χ1v) is 12.0. The van der Waals surface area contributed by atoms with Crippen molar-refractivity contribution in [3.63, 3.8) is 0 Å². The number of anilines is 1. The lowest BCUT2D eigenvalue weighted by molar-refractivity contribution is -0.122. The third-order valence-electron chi connectivity index (χ3n) is 5.70. The van der Waals surface area contributed by atoms with Crippen LogP contribution >= 0.6 is 24.0 Å². The molecule has 6 heteroatoms. The Hall–Kier alpha value is -2.44. The summed E-state index contributed by atoms with van der Waals surface area (Å²) in [5.74, 6) is -0.268.